The van der Waals surface area contributed by atoms with Gasteiger partial charge in [0, 0.05) is 45.6 Å². The Morgan fingerprint density at radius 1 is 1.25 bits per heavy atom. The van der Waals surface area contributed by atoms with E-state index in [1.165, 1.54) is 10.6 Å². The molecule has 2 aromatic rings. The summed E-state index contributed by atoms with van der Waals surface area (Å²) in [7, 11) is 4.24. The third-order valence-electron chi connectivity index (χ3n) is 3.71. The maximum absolute atomic E-state index is 4.52. The number of hydrazine groups is 1. The van der Waals surface area contributed by atoms with Gasteiger partial charge in [0.15, 0.2) is 0 Å². The highest BCUT2D eigenvalue weighted by molar-refractivity contribution is 7.15. The first-order valence-corrected chi connectivity index (χ1v) is 7.77. The Morgan fingerprint density at radius 2 is 2.05 bits per heavy atom. The Labute approximate surface area is 123 Å². The Morgan fingerprint density at radius 3 is 2.75 bits per heavy atom. The molecule has 20 heavy (non-hydrogen) atoms. The molecule has 0 saturated carbocycles. The first-order valence-electron chi connectivity index (χ1n) is 6.96. The molecule has 1 fully saturated rings. The zero-order chi connectivity index (χ0) is 13.9. The van der Waals surface area contributed by atoms with Gasteiger partial charge in [0.2, 0.25) is 0 Å². The normalized spacial score (nSPS) is 17.7. The van der Waals surface area contributed by atoms with E-state index in [-0.39, 0.29) is 0 Å². The maximum atomic E-state index is 4.52. The second kappa shape index (κ2) is 6.05. The van der Waals surface area contributed by atoms with Crippen LogP contribution in [0.1, 0.15) is 5.01 Å². The number of nitrogens with zero attached hydrogens (tertiary/aromatic N) is 4. The first kappa shape index (κ1) is 13.8. The molecule has 0 spiro atoms. The van der Waals surface area contributed by atoms with Crippen LogP contribution in [0.2, 0.25) is 0 Å². The number of aryl methyl sites for hydroxylation is 1. The van der Waals surface area contributed by atoms with E-state index in [0.29, 0.717) is 0 Å². The molecule has 0 atom stereocenters. The molecule has 0 amide bonds. The van der Waals surface area contributed by atoms with Crippen LogP contribution in [0.3, 0.4) is 0 Å². The lowest BCUT2D eigenvalue weighted by Gasteiger charge is -2.32. The van der Waals surface area contributed by atoms with E-state index >= 15 is 0 Å². The van der Waals surface area contributed by atoms with Crippen LogP contribution >= 0.6 is 11.3 Å². The van der Waals surface area contributed by atoms with Gasteiger partial charge >= 0.3 is 0 Å². The van der Waals surface area contributed by atoms with Crippen LogP contribution in [0, 0.1) is 0 Å². The first-order chi connectivity index (χ1) is 9.72. The Bertz CT molecular complexity index is 553. The molecule has 0 radical (unpaired) electrons. The van der Waals surface area contributed by atoms with Gasteiger partial charge in [-0.05, 0) is 19.2 Å². The maximum Gasteiger partial charge on any atom is 0.108 e. The van der Waals surface area contributed by atoms with Crippen molar-refractivity contribution in [1.82, 2.24) is 24.9 Å². The minimum atomic E-state index is 0.818. The predicted molar refractivity (Wildman–Crippen MR) is 82.4 cm³/mol. The number of aromatic nitrogens is 2. The summed E-state index contributed by atoms with van der Waals surface area (Å²) in [5, 5.41) is 3.43. The minimum Gasteiger partial charge on any atom is -0.350 e. The van der Waals surface area contributed by atoms with Gasteiger partial charge in [-0.1, -0.05) is 0 Å². The molecule has 0 aliphatic carbocycles. The fourth-order valence-corrected chi connectivity index (χ4v) is 3.29. The van der Waals surface area contributed by atoms with Crippen molar-refractivity contribution in [2.75, 3.05) is 33.2 Å². The molecule has 0 aromatic carbocycles. The molecule has 0 bridgehead atoms. The average Bonchev–Trinajstić information content (AvgIpc) is 3.06. The SMILES string of the molecule is CN1CCN(NCc2ncc(-c3cccn3C)s2)CC1. The summed E-state index contributed by atoms with van der Waals surface area (Å²) in [5.74, 6) is 0. The molecule has 1 aliphatic heterocycles. The average molecular weight is 291 g/mol. The van der Waals surface area contributed by atoms with Gasteiger partial charge in [0.25, 0.3) is 0 Å². The molecule has 0 unspecified atom stereocenters. The fourth-order valence-electron chi connectivity index (χ4n) is 2.37. The summed E-state index contributed by atoms with van der Waals surface area (Å²) >= 11 is 1.76. The van der Waals surface area contributed by atoms with Crippen molar-refractivity contribution in [3.05, 3.63) is 29.5 Å². The van der Waals surface area contributed by atoms with Crippen molar-refractivity contribution < 1.29 is 0 Å². The lowest BCUT2D eigenvalue weighted by molar-refractivity contribution is 0.102. The molecular formula is C14H21N5S. The van der Waals surface area contributed by atoms with Gasteiger partial charge in [-0.3, -0.25) is 0 Å². The van der Waals surface area contributed by atoms with Crippen molar-refractivity contribution in [2.45, 2.75) is 6.54 Å². The van der Waals surface area contributed by atoms with Crippen LogP contribution in [0.15, 0.2) is 24.5 Å². The number of piperazine rings is 1. The molecule has 3 heterocycles. The Hall–Kier alpha value is -1.21. The Kier molecular flexibility index (Phi) is 4.16. The molecule has 5 nitrogen and oxygen atoms in total. The van der Waals surface area contributed by atoms with Crippen molar-refractivity contribution in [2.24, 2.45) is 7.05 Å². The lowest BCUT2D eigenvalue weighted by Crippen LogP contribution is -2.50. The van der Waals surface area contributed by atoms with Crippen LogP contribution in [0.25, 0.3) is 10.6 Å². The molecular weight excluding hydrogens is 270 g/mol. The summed E-state index contributed by atoms with van der Waals surface area (Å²) in [6.45, 7) is 5.22. The number of likely N-dealkylation sites (N-methyl/N-ethyl adjacent to an activating group) is 1. The van der Waals surface area contributed by atoms with E-state index in [2.05, 4.69) is 57.3 Å². The van der Waals surface area contributed by atoms with E-state index in [4.69, 9.17) is 0 Å². The van der Waals surface area contributed by atoms with Crippen LogP contribution < -0.4 is 5.43 Å². The topological polar surface area (TPSA) is 36.3 Å². The highest BCUT2D eigenvalue weighted by atomic mass is 32.1. The van der Waals surface area contributed by atoms with Crippen molar-refractivity contribution in [3.63, 3.8) is 0 Å². The van der Waals surface area contributed by atoms with Crippen LogP contribution in [0.4, 0.5) is 0 Å². The van der Waals surface area contributed by atoms with Gasteiger partial charge < -0.3 is 9.47 Å². The number of thiazole rings is 1. The monoisotopic (exact) mass is 291 g/mol. The van der Waals surface area contributed by atoms with Crippen molar-refractivity contribution >= 4 is 11.3 Å². The van der Waals surface area contributed by atoms with E-state index in [0.717, 1.165) is 37.7 Å². The van der Waals surface area contributed by atoms with E-state index < -0.39 is 0 Å². The summed E-state index contributed by atoms with van der Waals surface area (Å²) in [6.07, 6.45) is 4.04. The van der Waals surface area contributed by atoms with Gasteiger partial charge in [-0.15, -0.1) is 11.3 Å². The third kappa shape index (κ3) is 3.09. The van der Waals surface area contributed by atoms with Gasteiger partial charge in [0.1, 0.15) is 5.01 Å². The van der Waals surface area contributed by atoms with Gasteiger partial charge in [-0.25, -0.2) is 15.4 Å². The molecule has 6 heteroatoms. The molecule has 2 aromatic heterocycles. The summed E-state index contributed by atoms with van der Waals surface area (Å²) in [6, 6.07) is 4.20. The smallest absolute Gasteiger partial charge is 0.108 e. The zero-order valence-corrected chi connectivity index (χ0v) is 12.9. The molecule has 1 aliphatic rings. The Balaban J connectivity index is 1.57. The summed E-state index contributed by atoms with van der Waals surface area (Å²) in [4.78, 5) is 8.10. The number of hydrogen-bond acceptors (Lipinski definition) is 5. The lowest BCUT2D eigenvalue weighted by atomic mass is 10.4. The van der Waals surface area contributed by atoms with E-state index in [1.54, 1.807) is 11.3 Å². The van der Waals surface area contributed by atoms with E-state index in [9.17, 15) is 0 Å². The van der Waals surface area contributed by atoms with Crippen molar-refractivity contribution in [3.8, 4) is 10.6 Å². The fraction of sp³-hybridized carbons (Fsp3) is 0.500. The molecule has 1 saturated heterocycles. The van der Waals surface area contributed by atoms with Crippen LogP contribution in [-0.2, 0) is 13.6 Å². The summed E-state index contributed by atoms with van der Waals surface area (Å²) in [5.41, 5.74) is 4.71. The number of hydrogen-bond donors (Lipinski definition) is 1. The third-order valence-corrected chi connectivity index (χ3v) is 4.73. The number of rotatable bonds is 4. The highest BCUT2D eigenvalue weighted by Gasteiger charge is 2.14. The van der Waals surface area contributed by atoms with Crippen molar-refractivity contribution in [1.29, 1.82) is 0 Å². The van der Waals surface area contributed by atoms with Gasteiger partial charge in [0.05, 0.1) is 17.1 Å². The summed E-state index contributed by atoms with van der Waals surface area (Å²) < 4.78 is 2.13. The second-order valence-corrected chi connectivity index (χ2v) is 6.36. The predicted octanol–water partition coefficient (Wildman–Crippen LogP) is 1.40. The van der Waals surface area contributed by atoms with Crippen LogP contribution in [0.5, 0.6) is 0 Å². The minimum absolute atomic E-state index is 0.818. The van der Waals surface area contributed by atoms with E-state index in [1.807, 2.05) is 6.20 Å². The molecule has 3 rings (SSSR count). The standard InChI is InChI=1S/C14H21N5S/c1-17-6-8-19(9-7-17)16-11-14-15-10-13(20-14)12-4-3-5-18(12)2/h3-5,10,16H,6-9,11H2,1-2H3. The molecule has 1 N–H and O–H groups in total. The highest BCUT2D eigenvalue weighted by Crippen LogP contribution is 2.25. The van der Waals surface area contributed by atoms with Gasteiger partial charge in [-0.2, -0.15) is 0 Å². The largest absolute Gasteiger partial charge is 0.350 e. The van der Waals surface area contributed by atoms with Crippen LogP contribution in [-0.4, -0.2) is 52.7 Å². The number of nitrogens with one attached hydrogen (secondary N) is 1. The molecule has 108 valence electrons. The second-order valence-electron chi connectivity index (χ2n) is 5.25. The quantitative estimate of drug-likeness (QED) is 0.924. The zero-order valence-electron chi connectivity index (χ0n) is 12.0.